The Morgan fingerprint density at radius 2 is 1.74 bits per heavy atom. The first kappa shape index (κ1) is 27.5. The Hall–Kier alpha value is -2.77. The van der Waals surface area contributed by atoms with Crippen LogP contribution in [0.15, 0.2) is 30.3 Å². The average Bonchev–Trinajstić information content (AvgIpc) is 2.75. The van der Waals surface area contributed by atoms with E-state index in [1.165, 1.54) is 0 Å². The number of ether oxygens (including phenoxy) is 2. The van der Waals surface area contributed by atoms with E-state index in [9.17, 15) is 14.4 Å². The van der Waals surface area contributed by atoms with Crippen molar-refractivity contribution in [2.75, 3.05) is 26.3 Å². The number of carbonyl (C=O) groups excluding carboxylic acids is 3. The van der Waals surface area contributed by atoms with Crippen molar-refractivity contribution >= 4 is 18.1 Å². The van der Waals surface area contributed by atoms with Crippen LogP contribution in [0.1, 0.15) is 65.4 Å². The summed E-state index contributed by atoms with van der Waals surface area (Å²) in [7, 11) is 0. The summed E-state index contributed by atoms with van der Waals surface area (Å²) in [4.78, 5) is 36.0. The van der Waals surface area contributed by atoms with E-state index in [1.807, 2.05) is 37.3 Å². The summed E-state index contributed by atoms with van der Waals surface area (Å²) >= 11 is 0. The van der Waals surface area contributed by atoms with Crippen LogP contribution in [0, 0.1) is 16.7 Å². The SMILES string of the molecule is CCOC(=O)CC1CC(C)(C)CC(C)(CNC(=O)OCCCNC(=O)NCc2ccccc2)C1. The van der Waals surface area contributed by atoms with Crippen molar-refractivity contribution in [1.82, 2.24) is 16.0 Å². The number of hydrogen-bond acceptors (Lipinski definition) is 5. The summed E-state index contributed by atoms with van der Waals surface area (Å²) in [5, 5.41) is 8.44. The minimum atomic E-state index is -0.458. The van der Waals surface area contributed by atoms with Gasteiger partial charge in [0.25, 0.3) is 0 Å². The van der Waals surface area contributed by atoms with E-state index in [-0.39, 0.29) is 35.4 Å². The fourth-order valence-electron chi connectivity index (χ4n) is 5.20. The minimum absolute atomic E-state index is 0.0858. The second-order valence-corrected chi connectivity index (χ2v) is 10.4. The molecule has 1 aliphatic rings. The zero-order chi connectivity index (χ0) is 25.0. The van der Waals surface area contributed by atoms with Crippen molar-refractivity contribution < 1.29 is 23.9 Å². The van der Waals surface area contributed by atoms with Gasteiger partial charge in [0.2, 0.25) is 0 Å². The third kappa shape index (κ3) is 10.4. The Morgan fingerprint density at radius 1 is 1.00 bits per heavy atom. The summed E-state index contributed by atoms with van der Waals surface area (Å²) in [5.74, 6) is 0.0898. The van der Waals surface area contributed by atoms with E-state index in [0.29, 0.717) is 39.1 Å². The lowest BCUT2D eigenvalue weighted by molar-refractivity contribution is -0.145. The molecule has 1 aromatic rings. The highest BCUT2D eigenvalue weighted by atomic mass is 16.5. The molecule has 3 amide bonds. The minimum Gasteiger partial charge on any atom is -0.466 e. The monoisotopic (exact) mass is 475 g/mol. The Morgan fingerprint density at radius 3 is 2.44 bits per heavy atom. The lowest BCUT2D eigenvalue weighted by Crippen LogP contribution is -2.44. The largest absolute Gasteiger partial charge is 0.466 e. The summed E-state index contributed by atoms with van der Waals surface area (Å²) in [6.07, 6.45) is 3.28. The number of alkyl carbamates (subject to hydrolysis) is 1. The quantitative estimate of drug-likeness (QED) is 0.325. The second-order valence-electron chi connectivity index (χ2n) is 10.4. The molecule has 1 saturated carbocycles. The summed E-state index contributed by atoms with van der Waals surface area (Å²) in [5.41, 5.74) is 0.999. The van der Waals surface area contributed by atoms with Gasteiger partial charge in [-0.3, -0.25) is 4.79 Å². The van der Waals surface area contributed by atoms with Crippen LogP contribution in [0.5, 0.6) is 0 Å². The van der Waals surface area contributed by atoms with Crippen molar-refractivity contribution in [3.05, 3.63) is 35.9 Å². The zero-order valence-electron chi connectivity index (χ0n) is 21.1. The Labute approximate surface area is 203 Å². The van der Waals surface area contributed by atoms with Crippen molar-refractivity contribution in [3.63, 3.8) is 0 Å². The predicted molar refractivity (Wildman–Crippen MR) is 131 cm³/mol. The maximum absolute atomic E-state index is 12.2. The van der Waals surface area contributed by atoms with Gasteiger partial charge in [-0.1, -0.05) is 51.1 Å². The van der Waals surface area contributed by atoms with Gasteiger partial charge >= 0.3 is 18.1 Å². The normalized spacial score (nSPS) is 21.2. The van der Waals surface area contributed by atoms with E-state index < -0.39 is 6.09 Å². The van der Waals surface area contributed by atoms with Gasteiger partial charge in [-0.15, -0.1) is 0 Å². The molecule has 2 atom stereocenters. The molecule has 0 aromatic heterocycles. The van der Waals surface area contributed by atoms with Crippen molar-refractivity contribution in [3.8, 4) is 0 Å². The van der Waals surface area contributed by atoms with Crippen LogP contribution in [0.4, 0.5) is 9.59 Å². The van der Waals surface area contributed by atoms with Crippen LogP contribution in [0.2, 0.25) is 0 Å². The van der Waals surface area contributed by atoms with Crippen molar-refractivity contribution in [1.29, 1.82) is 0 Å². The molecule has 0 aliphatic heterocycles. The maximum Gasteiger partial charge on any atom is 0.407 e. The Kier molecular flexibility index (Phi) is 10.7. The highest BCUT2D eigenvalue weighted by Crippen LogP contribution is 2.49. The lowest BCUT2D eigenvalue weighted by atomic mass is 9.60. The van der Waals surface area contributed by atoms with Gasteiger partial charge in [-0.05, 0) is 54.9 Å². The number of benzene rings is 1. The first-order chi connectivity index (χ1) is 16.1. The number of carbonyl (C=O) groups is 3. The molecule has 190 valence electrons. The number of urea groups is 1. The molecule has 0 heterocycles. The zero-order valence-corrected chi connectivity index (χ0v) is 21.1. The highest BCUT2D eigenvalue weighted by Gasteiger charge is 2.42. The molecule has 1 fully saturated rings. The second kappa shape index (κ2) is 13.2. The molecule has 2 unspecified atom stereocenters. The molecule has 8 nitrogen and oxygen atoms in total. The highest BCUT2D eigenvalue weighted by molar-refractivity contribution is 5.73. The van der Waals surface area contributed by atoms with Crippen LogP contribution in [-0.4, -0.2) is 44.4 Å². The fourth-order valence-corrected chi connectivity index (χ4v) is 5.20. The molecule has 34 heavy (non-hydrogen) atoms. The molecule has 0 spiro atoms. The third-order valence-corrected chi connectivity index (χ3v) is 6.08. The first-order valence-corrected chi connectivity index (χ1v) is 12.2. The van der Waals surface area contributed by atoms with Crippen molar-refractivity contribution in [2.24, 2.45) is 16.7 Å². The van der Waals surface area contributed by atoms with E-state index in [4.69, 9.17) is 9.47 Å². The van der Waals surface area contributed by atoms with Gasteiger partial charge in [-0.2, -0.15) is 0 Å². The lowest BCUT2D eigenvalue weighted by Gasteiger charge is -2.46. The number of esters is 1. The number of rotatable bonds is 11. The standard InChI is InChI=1S/C26H41N3O5/c1-5-33-22(30)14-21-15-25(2,3)18-26(4,16-21)19-29-24(32)34-13-9-12-27-23(31)28-17-20-10-7-6-8-11-20/h6-8,10-11,21H,5,9,12-19H2,1-4H3,(H,29,32)(H2,27,28,31). The van der Waals surface area contributed by atoms with Gasteiger partial charge in [-0.25, -0.2) is 9.59 Å². The molecule has 0 radical (unpaired) electrons. The summed E-state index contributed by atoms with van der Waals surface area (Å²) in [6.45, 7) is 10.4. The van der Waals surface area contributed by atoms with Crippen LogP contribution < -0.4 is 16.0 Å². The molecule has 3 N–H and O–H groups in total. The third-order valence-electron chi connectivity index (χ3n) is 6.08. The van der Waals surface area contributed by atoms with Crippen LogP contribution in [0.3, 0.4) is 0 Å². The van der Waals surface area contributed by atoms with E-state index in [1.54, 1.807) is 0 Å². The summed E-state index contributed by atoms with van der Waals surface area (Å²) < 4.78 is 10.4. The molecule has 8 heteroatoms. The van der Waals surface area contributed by atoms with Gasteiger partial charge in [0.05, 0.1) is 13.2 Å². The fraction of sp³-hybridized carbons (Fsp3) is 0.654. The van der Waals surface area contributed by atoms with Gasteiger partial charge in [0.1, 0.15) is 0 Å². The van der Waals surface area contributed by atoms with Crippen LogP contribution >= 0.6 is 0 Å². The smallest absolute Gasteiger partial charge is 0.407 e. The van der Waals surface area contributed by atoms with Crippen molar-refractivity contribution in [2.45, 2.75) is 66.3 Å². The Bertz CT molecular complexity index is 799. The van der Waals surface area contributed by atoms with Gasteiger partial charge < -0.3 is 25.4 Å². The van der Waals surface area contributed by atoms with Gasteiger partial charge in [0, 0.05) is 26.1 Å². The molecule has 0 bridgehead atoms. The molecule has 2 rings (SSSR count). The first-order valence-electron chi connectivity index (χ1n) is 12.2. The number of nitrogens with one attached hydrogen (secondary N) is 3. The summed E-state index contributed by atoms with van der Waals surface area (Å²) in [6, 6.07) is 9.42. The van der Waals surface area contributed by atoms with Gasteiger partial charge in [0.15, 0.2) is 0 Å². The number of amides is 3. The molecule has 1 aliphatic carbocycles. The topological polar surface area (TPSA) is 106 Å². The van der Waals surface area contributed by atoms with Crippen LogP contribution in [-0.2, 0) is 20.8 Å². The average molecular weight is 476 g/mol. The predicted octanol–water partition coefficient (Wildman–Crippen LogP) is 4.39. The maximum atomic E-state index is 12.2. The molecule has 0 saturated heterocycles. The number of hydrogen-bond donors (Lipinski definition) is 3. The van der Waals surface area contributed by atoms with E-state index in [0.717, 1.165) is 24.8 Å². The molecular formula is C26H41N3O5. The van der Waals surface area contributed by atoms with Crippen LogP contribution in [0.25, 0.3) is 0 Å². The molecular weight excluding hydrogens is 434 g/mol. The van der Waals surface area contributed by atoms with E-state index in [2.05, 4.69) is 36.7 Å². The van der Waals surface area contributed by atoms with E-state index >= 15 is 0 Å². The Balaban J connectivity index is 1.63. The molecule has 1 aromatic carbocycles.